The minimum absolute atomic E-state index is 0.159. The second kappa shape index (κ2) is 15.1. The van der Waals surface area contributed by atoms with Gasteiger partial charge in [-0.2, -0.15) is 64.8 Å². The number of ether oxygens (including phenoxy) is 3. The van der Waals surface area contributed by atoms with E-state index in [-0.39, 0.29) is 16.4 Å². The molecule has 0 bridgehead atoms. The van der Waals surface area contributed by atoms with E-state index in [2.05, 4.69) is 12.5 Å². The van der Waals surface area contributed by atoms with E-state index in [4.69, 9.17) is 27.9 Å². The molecule has 1 aliphatic rings. The Morgan fingerprint density at radius 3 is 0.833 bits per heavy atom. The first kappa shape index (κ1) is 42.5. The highest BCUT2D eigenvalue weighted by atomic mass is 32.2. The molecule has 1 fully saturated rings. The zero-order valence-corrected chi connectivity index (χ0v) is 29.1. The molecular formula is C24H18B3F9O15S3. The Morgan fingerprint density at radius 1 is 0.426 bits per heavy atom. The van der Waals surface area contributed by atoms with Crippen molar-refractivity contribution >= 4 is 68.1 Å². The standard InChI is InChI=1S/C24H18B3F9O15S3/c1-43-19-10-13(4-7-16(19)46-52(37,38)22(28,29)30)25-49-26(14-5-8-17(20(11-14)44-2)47-53(39,40)23(31,32)33)51-27(50-25)15-6-9-18(21(12-15)45-3)48-54(41,42)24(34,35)36/h4-12H,1-3H3. The van der Waals surface area contributed by atoms with Crippen molar-refractivity contribution in [2.24, 2.45) is 0 Å². The quantitative estimate of drug-likeness (QED) is 0.111. The summed E-state index contributed by atoms with van der Waals surface area (Å²) in [5.41, 5.74) is -18.0. The van der Waals surface area contributed by atoms with E-state index in [1.165, 1.54) is 0 Å². The highest BCUT2D eigenvalue weighted by molar-refractivity contribution is 7.88. The fourth-order valence-electron chi connectivity index (χ4n) is 4.10. The Bertz CT molecular complexity index is 1950. The number of benzene rings is 3. The molecule has 1 heterocycles. The normalized spacial score (nSPS) is 14.8. The molecule has 0 amide bonds. The smallest absolute Gasteiger partial charge is 0.493 e. The van der Waals surface area contributed by atoms with Gasteiger partial charge in [0.15, 0.2) is 34.5 Å². The predicted octanol–water partition coefficient (Wildman–Crippen LogP) is 1.95. The molecule has 30 heteroatoms. The second-order valence-electron chi connectivity index (χ2n) is 10.1. The number of methoxy groups -OCH3 is 3. The van der Waals surface area contributed by atoms with Gasteiger partial charge in [-0.1, -0.05) is 18.2 Å². The average Bonchev–Trinajstić information content (AvgIpc) is 3.06. The Hall–Kier alpha value is -4.25. The summed E-state index contributed by atoms with van der Waals surface area (Å²) in [5.74, 6) is -4.67. The van der Waals surface area contributed by atoms with Gasteiger partial charge in [0.05, 0.1) is 21.3 Å². The van der Waals surface area contributed by atoms with Crippen LogP contribution in [0.25, 0.3) is 0 Å². The lowest BCUT2D eigenvalue weighted by molar-refractivity contribution is -0.0505. The summed E-state index contributed by atoms with van der Waals surface area (Å²) in [5, 5.41) is 0. The van der Waals surface area contributed by atoms with E-state index in [9.17, 15) is 64.8 Å². The lowest BCUT2D eigenvalue weighted by atomic mass is 9.61. The fourth-order valence-corrected chi connectivity index (χ4v) is 5.51. The van der Waals surface area contributed by atoms with Crippen molar-refractivity contribution in [1.29, 1.82) is 0 Å². The fraction of sp³-hybridized carbons (Fsp3) is 0.250. The molecular weight excluding hydrogens is 828 g/mol. The zero-order chi connectivity index (χ0) is 40.7. The van der Waals surface area contributed by atoms with Crippen molar-refractivity contribution in [3.63, 3.8) is 0 Å². The molecule has 4 rings (SSSR count). The van der Waals surface area contributed by atoms with Crippen molar-refractivity contribution in [2.75, 3.05) is 21.3 Å². The first-order chi connectivity index (χ1) is 24.7. The molecule has 0 spiro atoms. The summed E-state index contributed by atoms with van der Waals surface area (Å²) in [7, 11) is -20.9. The molecule has 0 aromatic heterocycles. The SMILES string of the molecule is COc1cc(B2OB(c3ccc(OS(=O)(=O)C(F)(F)F)c(OC)c3)OB(c3ccc(OS(=O)(=O)C(F)(F)F)c(OC)c3)O2)ccc1OS(=O)(=O)C(F)(F)F. The van der Waals surface area contributed by atoms with Crippen molar-refractivity contribution in [3.05, 3.63) is 54.6 Å². The molecule has 294 valence electrons. The van der Waals surface area contributed by atoms with Crippen molar-refractivity contribution in [3.8, 4) is 34.5 Å². The molecule has 15 nitrogen and oxygen atoms in total. The Kier molecular flexibility index (Phi) is 11.9. The van der Waals surface area contributed by atoms with Gasteiger partial charge in [0.2, 0.25) is 0 Å². The summed E-state index contributed by atoms with van der Waals surface area (Å²) in [6.45, 7) is 0. The minimum Gasteiger partial charge on any atom is -0.493 e. The molecule has 0 radical (unpaired) electrons. The van der Waals surface area contributed by atoms with Crippen LogP contribution in [-0.2, 0) is 44.1 Å². The molecule has 0 saturated carbocycles. The maximum absolute atomic E-state index is 13.0. The van der Waals surface area contributed by atoms with Gasteiger partial charge >= 0.3 is 68.2 Å². The average molecular weight is 846 g/mol. The summed E-state index contributed by atoms with van der Waals surface area (Å²) in [4.78, 5) is 0. The van der Waals surface area contributed by atoms with Crippen LogP contribution < -0.4 is 43.1 Å². The number of hydrogen-bond acceptors (Lipinski definition) is 15. The van der Waals surface area contributed by atoms with Crippen LogP contribution in [0.4, 0.5) is 39.5 Å². The summed E-state index contributed by atoms with van der Waals surface area (Å²) >= 11 is 0. The molecule has 1 saturated heterocycles. The van der Waals surface area contributed by atoms with Crippen LogP contribution in [0, 0.1) is 0 Å². The summed E-state index contributed by atoms with van der Waals surface area (Å²) in [6.07, 6.45) is 0. The first-order valence-electron chi connectivity index (χ1n) is 13.8. The Balaban J connectivity index is 1.79. The largest absolute Gasteiger partial charge is 0.534 e. The van der Waals surface area contributed by atoms with Crippen LogP contribution in [0.3, 0.4) is 0 Å². The van der Waals surface area contributed by atoms with Crippen molar-refractivity contribution in [2.45, 2.75) is 16.5 Å². The van der Waals surface area contributed by atoms with E-state index in [0.717, 1.165) is 75.9 Å². The van der Waals surface area contributed by atoms with E-state index >= 15 is 0 Å². The monoisotopic (exact) mass is 846 g/mol. The van der Waals surface area contributed by atoms with Gasteiger partial charge in [0.25, 0.3) is 0 Å². The predicted molar refractivity (Wildman–Crippen MR) is 165 cm³/mol. The van der Waals surface area contributed by atoms with Gasteiger partial charge in [0, 0.05) is 0 Å². The van der Waals surface area contributed by atoms with E-state index in [1.807, 2.05) is 0 Å². The van der Waals surface area contributed by atoms with Crippen LogP contribution in [0.2, 0.25) is 0 Å². The summed E-state index contributed by atoms with van der Waals surface area (Å²) in [6, 6.07) is 7.73. The van der Waals surface area contributed by atoms with E-state index in [1.54, 1.807) is 0 Å². The molecule has 1 aliphatic heterocycles. The molecule has 54 heavy (non-hydrogen) atoms. The molecule has 0 aliphatic carbocycles. The van der Waals surface area contributed by atoms with Gasteiger partial charge < -0.3 is 40.5 Å². The van der Waals surface area contributed by atoms with Crippen LogP contribution in [-0.4, -0.2) is 84.5 Å². The van der Waals surface area contributed by atoms with Gasteiger partial charge in [-0.25, -0.2) is 0 Å². The van der Waals surface area contributed by atoms with E-state index < -0.39 is 103 Å². The third-order valence-corrected chi connectivity index (χ3v) is 9.47. The highest BCUT2D eigenvalue weighted by Crippen LogP contribution is 2.35. The zero-order valence-electron chi connectivity index (χ0n) is 26.7. The third-order valence-electron chi connectivity index (χ3n) is 6.57. The van der Waals surface area contributed by atoms with Crippen LogP contribution in [0.1, 0.15) is 0 Å². The maximum atomic E-state index is 13.0. The number of halogens is 9. The Labute approximate surface area is 299 Å². The maximum Gasteiger partial charge on any atom is 0.534 e. The van der Waals surface area contributed by atoms with Gasteiger partial charge in [0.1, 0.15) is 0 Å². The first-order valence-corrected chi connectivity index (χ1v) is 18.0. The Morgan fingerprint density at radius 2 is 0.648 bits per heavy atom. The summed E-state index contributed by atoms with van der Waals surface area (Å²) < 4.78 is 231. The number of alkyl halides is 9. The third kappa shape index (κ3) is 9.16. The number of hydrogen-bond donors (Lipinski definition) is 0. The molecule has 0 N–H and O–H groups in total. The minimum atomic E-state index is -6.18. The topological polar surface area (TPSA) is 185 Å². The second-order valence-corrected chi connectivity index (χ2v) is 14.7. The van der Waals surface area contributed by atoms with Gasteiger partial charge in [-0.05, 0) is 52.8 Å². The van der Waals surface area contributed by atoms with Gasteiger partial charge in [-0.3, -0.25) is 0 Å². The van der Waals surface area contributed by atoms with Crippen molar-refractivity contribution < 1.29 is 105 Å². The molecule has 0 atom stereocenters. The van der Waals surface area contributed by atoms with Crippen molar-refractivity contribution in [1.82, 2.24) is 0 Å². The number of rotatable bonds is 12. The molecule has 3 aromatic carbocycles. The lowest BCUT2D eigenvalue weighted by Crippen LogP contribution is -2.61. The van der Waals surface area contributed by atoms with Crippen LogP contribution in [0.5, 0.6) is 34.5 Å². The molecule has 3 aromatic rings. The lowest BCUT2D eigenvalue weighted by Gasteiger charge is -2.32. The highest BCUT2D eigenvalue weighted by Gasteiger charge is 2.51. The van der Waals surface area contributed by atoms with E-state index in [0.29, 0.717) is 0 Å². The van der Waals surface area contributed by atoms with Crippen LogP contribution in [0.15, 0.2) is 54.6 Å². The molecule has 0 unspecified atom stereocenters. The van der Waals surface area contributed by atoms with Gasteiger partial charge in [-0.15, -0.1) is 0 Å². The van der Waals surface area contributed by atoms with Crippen LogP contribution >= 0.6 is 0 Å².